The second-order valence-corrected chi connectivity index (χ2v) is 7.11. The van der Waals surface area contributed by atoms with Crippen molar-refractivity contribution in [2.24, 2.45) is 5.10 Å². The first-order valence-electron chi connectivity index (χ1n) is 9.61. The Morgan fingerprint density at radius 3 is 2.52 bits per heavy atom. The van der Waals surface area contributed by atoms with Gasteiger partial charge in [0.1, 0.15) is 12.4 Å². The molecule has 0 aromatic heterocycles. The molecular weight excluding hydrogens is 416 g/mol. The number of methoxy groups -OCH3 is 1. The first kappa shape index (κ1) is 22.2. The van der Waals surface area contributed by atoms with Crippen molar-refractivity contribution in [3.05, 3.63) is 88.4 Å². The fourth-order valence-corrected chi connectivity index (χ4v) is 2.82. The van der Waals surface area contributed by atoms with E-state index < -0.39 is 0 Å². The molecule has 1 amide bonds. The van der Waals surface area contributed by atoms with Crippen molar-refractivity contribution >= 4 is 23.7 Å². The van der Waals surface area contributed by atoms with E-state index in [2.05, 4.69) is 10.5 Å². The summed E-state index contributed by atoms with van der Waals surface area (Å²) in [5.41, 5.74) is 5.15. The van der Waals surface area contributed by atoms with Gasteiger partial charge in [0.2, 0.25) is 0 Å². The van der Waals surface area contributed by atoms with Crippen LogP contribution in [0, 0.1) is 6.92 Å². The smallest absolute Gasteiger partial charge is 0.277 e. The second-order valence-electron chi connectivity index (χ2n) is 6.67. The molecule has 0 radical (unpaired) electrons. The molecule has 0 unspecified atom stereocenters. The number of carbonyl (C=O) groups is 1. The Morgan fingerprint density at radius 2 is 1.77 bits per heavy atom. The van der Waals surface area contributed by atoms with E-state index in [-0.39, 0.29) is 12.5 Å². The molecular formula is C24H23ClN2O4. The minimum atomic E-state index is -0.352. The number of ether oxygens (including phenoxy) is 3. The second kappa shape index (κ2) is 11.0. The molecule has 0 aliphatic heterocycles. The van der Waals surface area contributed by atoms with Gasteiger partial charge in [-0.3, -0.25) is 4.79 Å². The predicted octanol–water partition coefficient (Wildman–Crippen LogP) is 4.77. The molecule has 0 saturated heterocycles. The normalized spacial score (nSPS) is 10.7. The van der Waals surface area contributed by atoms with Gasteiger partial charge in [-0.25, -0.2) is 5.43 Å². The third-order valence-corrected chi connectivity index (χ3v) is 4.60. The molecule has 0 aliphatic carbocycles. The maximum absolute atomic E-state index is 11.9. The highest BCUT2D eigenvalue weighted by Crippen LogP contribution is 2.28. The number of hydrogen-bond donors (Lipinski definition) is 1. The molecule has 0 aliphatic rings. The van der Waals surface area contributed by atoms with Crippen LogP contribution in [0.1, 0.15) is 16.7 Å². The van der Waals surface area contributed by atoms with Crippen molar-refractivity contribution in [1.82, 2.24) is 5.43 Å². The Hall–Kier alpha value is -3.51. The summed E-state index contributed by atoms with van der Waals surface area (Å²) in [6, 6.07) is 20.3. The molecule has 160 valence electrons. The molecule has 0 fully saturated rings. The maximum atomic E-state index is 11.9. The van der Waals surface area contributed by atoms with Gasteiger partial charge in [0.05, 0.1) is 13.3 Å². The van der Waals surface area contributed by atoms with Crippen LogP contribution >= 0.6 is 11.6 Å². The van der Waals surface area contributed by atoms with Crippen molar-refractivity contribution < 1.29 is 19.0 Å². The summed E-state index contributed by atoms with van der Waals surface area (Å²) >= 11 is 5.90. The molecule has 3 rings (SSSR count). The molecule has 3 aromatic carbocycles. The van der Waals surface area contributed by atoms with Crippen LogP contribution in [0.4, 0.5) is 0 Å². The average molecular weight is 439 g/mol. The highest BCUT2D eigenvalue weighted by Gasteiger charge is 2.07. The summed E-state index contributed by atoms with van der Waals surface area (Å²) in [5, 5.41) is 4.65. The quantitative estimate of drug-likeness (QED) is 0.386. The zero-order chi connectivity index (χ0) is 22.1. The number of nitrogens with zero attached hydrogens (tertiary/aromatic N) is 1. The third kappa shape index (κ3) is 6.76. The minimum Gasteiger partial charge on any atom is -0.493 e. The molecule has 3 aromatic rings. The first-order valence-corrected chi connectivity index (χ1v) is 9.98. The average Bonchev–Trinajstić information content (AvgIpc) is 2.78. The van der Waals surface area contributed by atoms with Crippen LogP contribution in [-0.2, 0) is 11.4 Å². The van der Waals surface area contributed by atoms with Crippen LogP contribution in [0.2, 0.25) is 5.02 Å². The van der Waals surface area contributed by atoms with E-state index in [0.717, 1.165) is 16.7 Å². The van der Waals surface area contributed by atoms with Crippen LogP contribution in [0.3, 0.4) is 0 Å². The van der Waals surface area contributed by atoms with E-state index in [4.69, 9.17) is 25.8 Å². The molecule has 0 atom stereocenters. The lowest BCUT2D eigenvalue weighted by Gasteiger charge is -2.11. The summed E-state index contributed by atoms with van der Waals surface area (Å²) in [4.78, 5) is 11.9. The van der Waals surface area contributed by atoms with E-state index in [1.165, 1.54) is 6.21 Å². The standard InChI is InChI=1S/C24H23ClN2O4/c1-17-5-3-4-6-21(17)31-16-24(28)27-26-14-19-9-12-22(23(13-19)29-2)30-15-18-7-10-20(25)11-8-18/h3-14H,15-16H2,1-2H3,(H,27,28). The summed E-state index contributed by atoms with van der Waals surface area (Å²) < 4.78 is 16.7. The number of carbonyl (C=O) groups excluding carboxylic acids is 1. The van der Waals surface area contributed by atoms with Gasteiger partial charge in [-0.2, -0.15) is 5.10 Å². The molecule has 1 N–H and O–H groups in total. The van der Waals surface area contributed by atoms with Gasteiger partial charge in [0.15, 0.2) is 18.1 Å². The highest BCUT2D eigenvalue weighted by molar-refractivity contribution is 6.30. The van der Waals surface area contributed by atoms with Gasteiger partial charge in [0.25, 0.3) is 5.91 Å². The van der Waals surface area contributed by atoms with E-state index >= 15 is 0 Å². The number of para-hydroxylation sites is 1. The van der Waals surface area contributed by atoms with Crippen LogP contribution in [0.5, 0.6) is 17.2 Å². The maximum Gasteiger partial charge on any atom is 0.277 e. The van der Waals surface area contributed by atoms with Crippen molar-refractivity contribution in [3.63, 3.8) is 0 Å². The third-order valence-electron chi connectivity index (χ3n) is 4.35. The van der Waals surface area contributed by atoms with E-state index in [0.29, 0.717) is 28.9 Å². The van der Waals surface area contributed by atoms with E-state index in [1.54, 1.807) is 19.2 Å². The van der Waals surface area contributed by atoms with Crippen molar-refractivity contribution in [3.8, 4) is 17.2 Å². The van der Waals surface area contributed by atoms with Crippen molar-refractivity contribution in [2.45, 2.75) is 13.5 Å². The van der Waals surface area contributed by atoms with Crippen LogP contribution in [0.15, 0.2) is 71.8 Å². The topological polar surface area (TPSA) is 69.2 Å². The number of amides is 1. The van der Waals surface area contributed by atoms with Crippen LogP contribution in [-0.4, -0.2) is 25.8 Å². The summed E-state index contributed by atoms with van der Waals surface area (Å²) in [6.45, 7) is 2.18. The monoisotopic (exact) mass is 438 g/mol. The number of nitrogens with one attached hydrogen (secondary N) is 1. The Morgan fingerprint density at radius 1 is 1.00 bits per heavy atom. The minimum absolute atomic E-state index is 0.122. The Labute approximate surface area is 186 Å². The van der Waals surface area contributed by atoms with Gasteiger partial charge in [-0.1, -0.05) is 41.9 Å². The fraction of sp³-hybridized carbons (Fsp3) is 0.167. The fourth-order valence-electron chi connectivity index (χ4n) is 2.70. The number of rotatable bonds is 9. The van der Waals surface area contributed by atoms with Crippen LogP contribution < -0.4 is 19.6 Å². The summed E-state index contributed by atoms with van der Waals surface area (Å²) in [6.07, 6.45) is 1.52. The zero-order valence-corrected chi connectivity index (χ0v) is 18.1. The van der Waals surface area contributed by atoms with E-state index in [9.17, 15) is 4.79 Å². The molecule has 31 heavy (non-hydrogen) atoms. The van der Waals surface area contributed by atoms with Gasteiger partial charge >= 0.3 is 0 Å². The van der Waals surface area contributed by atoms with Gasteiger partial charge in [0, 0.05) is 5.02 Å². The number of hydrazone groups is 1. The SMILES string of the molecule is COc1cc(C=NNC(=O)COc2ccccc2C)ccc1OCc1ccc(Cl)cc1. The summed E-state index contributed by atoms with van der Waals surface area (Å²) in [5.74, 6) is 1.48. The molecule has 7 heteroatoms. The number of benzene rings is 3. The number of aryl methyl sites for hydroxylation is 1. The molecule has 0 saturated carbocycles. The van der Waals surface area contributed by atoms with E-state index in [1.807, 2.05) is 61.5 Å². The van der Waals surface area contributed by atoms with Gasteiger partial charge < -0.3 is 14.2 Å². The Balaban J connectivity index is 1.52. The number of halogens is 1. The Kier molecular flexibility index (Phi) is 7.90. The number of hydrogen-bond acceptors (Lipinski definition) is 5. The largest absolute Gasteiger partial charge is 0.493 e. The lowest BCUT2D eigenvalue weighted by Crippen LogP contribution is -2.24. The lowest BCUT2D eigenvalue weighted by molar-refractivity contribution is -0.123. The first-order chi connectivity index (χ1) is 15.0. The molecule has 0 spiro atoms. The van der Waals surface area contributed by atoms with Crippen LogP contribution in [0.25, 0.3) is 0 Å². The van der Waals surface area contributed by atoms with Gasteiger partial charge in [-0.05, 0) is 60.0 Å². The van der Waals surface area contributed by atoms with Gasteiger partial charge in [-0.15, -0.1) is 0 Å². The molecule has 0 bridgehead atoms. The molecule has 0 heterocycles. The lowest BCUT2D eigenvalue weighted by atomic mass is 10.2. The highest BCUT2D eigenvalue weighted by atomic mass is 35.5. The zero-order valence-electron chi connectivity index (χ0n) is 17.3. The predicted molar refractivity (Wildman–Crippen MR) is 121 cm³/mol. The molecule has 6 nitrogen and oxygen atoms in total. The summed E-state index contributed by atoms with van der Waals surface area (Å²) in [7, 11) is 1.57. The van der Waals surface area contributed by atoms with Crippen molar-refractivity contribution in [1.29, 1.82) is 0 Å². The Bertz CT molecular complexity index is 1050. The van der Waals surface area contributed by atoms with Crippen molar-refractivity contribution in [2.75, 3.05) is 13.7 Å².